The predicted octanol–water partition coefficient (Wildman–Crippen LogP) is 2.24. The third kappa shape index (κ3) is 3.01. The zero-order valence-corrected chi connectivity index (χ0v) is 12.0. The number of hydrogen-bond donors (Lipinski definition) is 2. The summed E-state index contributed by atoms with van der Waals surface area (Å²) in [7, 11) is 0. The number of benzene rings is 1. The molecule has 1 aromatic carbocycles. The molecule has 0 amide bonds. The van der Waals surface area contributed by atoms with Crippen LogP contribution in [0.3, 0.4) is 0 Å². The summed E-state index contributed by atoms with van der Waals surface area (Å²) < 4.78 is 0. The minimum atomic E-state index is 0.438. The first-order valence-electron chi connectivity index (χ1n) is 7.05. The Morgan fingerprint density at radius 1 is 1.43 bits per heavy atom. The molecule has 0 radical (unpaired) electrons. The summed E-state index contributed by atoms with van der Waals surface area (Å²) in [4.78, 5) is 8.93. The van der Waals surface area contributed by atoms with Crippen LogP contribution in [0, 0.1) is 18.3 Å². The molecule has 5 heteroatoms. The molecule has 1 aliphatic heterocycles. The van der Waals surface area contributed by atoms with Crippen molar-refractivity contribution in [1.82, 2.24) is 15.3 Å². The predicted molar refractivity (Wildman–Crippen MR) is 81.2 cm³/mol. The molecule has 0 spiro atoms. The maximum atomic E-state index is 8.77. The Bertz CT molecular complexity index is 702. The van der Waals surface area contributed by atoms with Crippen molar-refractivity contribution < 1.29 is 0 Å². The zero-order chi connectivity index (χ0) is 14.7. The van der Waals surface area contributed by atoms with Gasteiger partial charge in [0.15, 0.2) is 0 Å². The summed E-state index contributed by atoms with van der Waals surface area (Å²) in [6.07, 6.45) is 3.33. The van der Waals surface area contributed by atoms with Crippen molar-refractivity contribution in [2.24, 2.45) is 0 Å². The van der Waals surface area contributed by atoms with E-state index >= 15 is 0 Å². The zero-order valence-electron chi connectivity index (χ0n) is 12.0. The summed E-state index contributed by atoms with van der Waals surface area (Å²) >= 11 is 0. The molecular weight excluding hydrogens is 262 g/mol. The van der Waals surface area contributed by atoms with E-state index in [1.807, 2.05) is 31.3 Å². The molecule has 0 saturated heterocycles. The summed E-state index contributed by atoms with van der Waals surface area (Å²) in [5, 5.41) is 15.3. The molecule has 0 saturated carbocycles. The van der Waals surface area contributed by atoms with Gasteiger partial charge in [0.05, 0.1) is 18.2 Å². The number of hydrogen-bond acceptors (Lipinski definition) is 5. The Labute approximate surface area is 124 Å². The van der Waals surface area contributed by atoms with Crippen LogP contribution in [0.2, 0.25) is 0 Å². The third-order valence-corrected chi connectivity index (χ3v) is 3.69. The number of nitriles is 1. The molecule has 0 bridgehead atoms. The molecule has 2 aromatic rings. The van der Waals surface area contributed by atoms with Crippen molar-refractivity contribution >= 4 is 11.6 Å². The van der Waals surface area contributed by atoms with Gasteiger partial charge in [0.25, 0.3) is 0 Å². The van der Waals surface area contributed by atoms with Crippen LogP contribution in [-0.2, 0) is 19.4 Å². The van der Waals surface area contributed by atoms with E-state index in [9.17, 15) is 0 Å². The number of rotatable bonds is 3. The lowest BCUT2D eigenvalue weighted by Crippen LogP contribution is -2.25. The molecule has 0 fully saturated rings. The lowest BCUT2D eigenvalue weighted by atomic mass is 10.1. The van der Waals surface area contributed by atoms with Gasteiger partial charge in [-0.1, -0.05) is 6.07 Å². The monoisotopic (exact) mass is 279 g/mol. The normalized spacial score (nSPS) is 13.3. The van der Waals surface area contributed by atoms with Crippen molar-refractivity contribution in [1.29, 1.82) is 5.26 Å². The summed E-state index contributed by atoms with van der Waals surface area (Å²) in [6, 6.07) is 8.13. The standard InChI is InChI=1S/C16H17N5/c1-11-8-14(3-2-12(11)4-6-17)20-16-19-9-13-5-7-18-10-15(13)21-16/h2-3,8-9,18H,4-5,7,10H2,1H3,(H,19,20,21). The summed E-state index contributed by atoms with van der Waals surface area (Å²) in [6.45, 7) is 3.80. The van der Waals surface area contributed by atoms with E-state index in [1.165, 1.54) is 5.56 Å². The maximum Gasteiger partial charge on any atom is 0.227 e. The van der Waals surface area contributed by atoms with Gasteiger partial charge in [0.2, 0.25) is 5.95 Å². The van der Waals surface area contributed by atoms with Crippen LogP contribution in [0.4, 0.5) is 11.6 Å². The maximum absolute atomic E-state index is 8.77. The van der Waals surface area contributed by atoms with Gasteiger partial charge in [0, 0.05) is 18.4 Å². The SMILES string of the molecule is Cc1cc(Nc2ncc3c(n2)CNCC3)ccc1CC#N. The Balaban J connectivity index is 1.80. The molecule has 5 nitrogen and oxygen atoms in total. The first-order chi connectivity index (χ1) is 10.3. The van der Waals surface area contributed by atoms with Crippen LogP contribution < -0.4 is 10.6 Å². The Morgan fingerprint density at radius 2 is 2.33 bits per heavy atom. The number of nitrogens with zero attached hydrogens (tertiary/aromatic N) is 3. The molecule has 0 atom stereocenters. The molecule has 2 heterocycles. The van der Waals surface area contributed by atoms with Gasteiger partial charge in [-0.15, -0.1) is 0 Å². The van der Waals surface area contributed by atoms with Crippen LogP contribution >= 0.6 is 0 Å². The van der Waals surface area contributed by atoms with Gasteiger partial charge in [-0.2, -0.15) is 5.26 Å². The van der Waals surface area contributed by atoms with E-state index in [0.717, 1.165) is 42.0 Å². The second-order valence-corrected chi connectivity index (χ2v) is 5.19. The third-order valence-electron chi connectivity index (χ3n) is 3.69. The lowest BCUT2D eigenvalue weighted by molar-refractivity contribution is 0.624. The number of fused-ring (bicyclic) bond motifs is 1. The van der Waals surface area contributed by atoms with Crippen molar-refractivity contribution in [3.63, 3.8) is 0 Å². The highest BCUT2D eigenvalue weighted by molar-refractivity contribution is 5.56. The van der Waals surface area contributed by atoms with Crippen molar-refractivity contribution in [3.05, 3.63) is 46.8 Å². The number of aryl methyl sites for hydroxylation is 1. The van der Waals surface area contributed by atoms with Crippen LogP contribution in [0.5, 0.6) is 0 Å². The van der Waals surface area contributed by atoms with E-state index in [0.29, 0.717) is 12.4 Å². The van der Waals surface area contributed by atoms with Gasteiger partial charge in [-0.25, -0.2) is 9.97 Å². The fourth-order valence-corrected chi connectivity index (χ4v) is 2.48. The average molecular weight is 279 g/mol. The van der Waals surface area contributed by atoms with Gasteiger partial charge in [0.1, 0.15) is 0 Å². The van der Waals surface area contributed by atoms with Gasteiger partial charge in [-0.3, -0.25) is 0 Å². The Morgan fingerprint density at radius 3 is 3.14 bits per heavy atom. The van der Waals surface area contributed by atoms with E-state index in [2.05, 4.69) is 26.7 Å². The minimum Gasteiger partial charge on any atom is -0.324 e. The lowest BCUT2D eigenvalue weighted by Gasteiger charge is -2.16. The van der Waals surface area contributed by atoms with E-state index < -0.39 is 0 Å². The first kappa shape index (κ1) is 13.5. The fourth-order valence-electron chi connectivity index (χ4n) is 2.48. The largest absolute Gasteiger partial charge is 0.324 e. The smallest absolute Gasteiger partial charge is 0.227 e. The average Bonchev–Trinajstić information content (AvgIpc) is 2.50. The minimum absolute atomic E-state index is 0.438. The highest BCUT2D eigenvalue weighted by Crippen LogP contribution is 2.19. The topological polar surface area (TPSA) is 73.6 Å². The highest BCUT2D eigenvalue weighted by Gasteiger charge is 2.11. The molecule has 1 aliphatic rings. The quantitative estimate of drug-likeness (QED) is 0.901. The van der Waals surface area contributed by atoms with Gasteiger partial charge >= 0.3 is 0 Å². The Kier molecular flexibility index (Phi) is 3.80. The second-order valence-electron chi connectivity index (χ2n) is 5.19. The van der Waals surface area contributed by atoms with E-state index in [4.69, 9.17) is 5.26 Å². The molecule has 1 aromatic heterocycles. The van der Waals surface area contributed by atoms with E-state index in [-0.39, 0.29) is 0 Å². The van der Waals surface area contributed by atoms with Crippen LogP contribution in [0.25, 0.3) is 0 Å². The summed E-state index contributed by atoms with van der Waals surface area (Å²) in [5.41, 5.74) is 5.38. The number of aromatic nitrogens is 2. The van der Waals surface area contributed by atoms with E-state index in [1.54, 1.807) is 0 Å². The number of anilines is 2. The van der Waals surface area contributed by atoms with Crippen molar-refractivity contribution in [3.8, 4) is 6.07 Å². The Hall–Kier alpha value is -2.45. The van der Waals surface area contributed by atoms with Gasteiger partial charge < -0.3 is 10.6 Å². The number of nitrogens with one attached hydrogen (secondary N) is 2. The summed E-state index contributed by atoms with van der Waals surface area (Å²) in [5.74, 6) is 0.616. The van der Waals surface area contributed by atoms with Crippen LogP contribution in [-0.4, -0.2) is 16.5 Å². The molecular formula is C16H17N5. The molecule has 2 N–H and O–H groups in total. The van der Waals surface area contributed by atoms with Gasteiger partial charge in [-0.05, 0) is 48.7 Å². The van der Waals surface area contributed by atoms with Crippen molar-refractivity contribution in [2.75, 3.05) is 11.9 Å². The fraction of sp³-hybridized carbons (Fsp3) is 0.312. The first-order valence-corrected chi connectivity index (χ1v) is 7.05. The van der Waals surface area contributed by atoms with Crippen molar-refractivity contribution in [2.45, 2.75) is 26.3 Å². The van der Waals surface area contributed by atoms with Crippen LogP contribution in [0.15, 0.2) is 24.4 Å². The molecule has 21 heavy (non-hydrogen) atoms. The highest BCUT2D eigenvalue weighted by atomic mass is 15.1. The second kappa shape index (κ2) is 5.90. The molecule has 3 rings (SSSR count). The molecule has 0 aliphatic carbocycles. The van der Waals surface area contributed by atoms with Crippen LogP contribution in [0.1, 0.15) is 22.4 Å². The molecule has 0 unspecified atom stereocenters. The molecule has 106 valence electrons.